The standard InChI is InChI=1S/C28H49BN6O6/c1-7-8-9-10-13-24(36)32-20(12-11-14-31-26(30)34-35(38)39)25(37)33-23(15-18(2)3)29-40-22-17-19-16-21(27(19,4)5)28(22,6)41-29/h10,13,18-23H,7-9,11-12,14-17H2,1-6H3,(H,32,36)(H,33,37)(H3,30,31,34)/b13-10+/t19-,20-,21-,22+,23-,28-/m0/s1. The number of allylic oxidation sites excluding steroid dienone is 1. The number of nitrogens with zero attached hydrogens (tertiary/aromatic N) is 1. The van der Waals surface area contributed by atoms with Crippen LogP contribution in [0.5, 0.6) is 0 Å². The van der Waals surface area contributed by atoms with Gasteiger partial charge in [0.2, 0.25) is 11.8 Å². The number of nitro groups is 1. The first-order valence-electron chi connectivity index (χ1n) is 15.1. The molecular weight excluding hydrogens is 527 g/mol. The molecule has 13 heteroatoms. The zero-order chi connectivity index (χ0) is 30.4. The van der Waals surface area contributed by atoms with Gasteiger partial charge in [0.15, 0.2) is 5.03 Å². The number of hydrogen-bond donors (Lipinski definition) is 5. The summed E-state index contributed by atoms with van der Waals surface area (Å²) in [7, 11) is -0.577. The Balaban J connectivity index is 1.67. The highest BCUT2D eigenvalue weighted by molar-refractivity contribution is 6.48. The van der Waals surface area contributed by atoms with Crippen molar-refractivity contribution in [1.82, 2.24) is 21.4 Å². The van der Waals surface area contributed by atoms with Crippen molar-refractivity contribution in [2.24, 2.45) is 23.2 Å². The van der Waals surface area contributed by atoms with Crippen molar-refractivity contribution in [3.05, 3.63) is 22.3 Å². The average Bonchev–Trinajstić information content (AvgIpc) is 3.24. The largest absolute Gasteiger partial charge is 0.481 e. The summed E-state index contributed by atoms with van der Waals surface area (Å²) in [6.45, 7) is 13.2. The van der Waals surface area contributed by atoms with Crippen molar-refractivity contribution >= 4 is 24.9 Å². The minimum Gasteiger partial charge on any atom is -0.404 e. The quantitative estimate of drug-likeness (QED) is 0.0377. The fourth-order valence-corrected chi connectivity index (χ4v) is 6.75. The lowest BCUT2D eigenvalue weighted by Crippen LogP contribution is -2.65. The number of carbonyl (C=O) groups is 2. The summed E-state index contributed by atoms with van der Waals surface area (Å²) in [6, 6.07) is -0.835. The summed E-state index contributed by atoms with van der Waals surface area (Å²) >= 11 is 0. The van der Waals surface area contributed by atoms with Crippen molar-refractivity contribution in [3.8, 4) is 0 Å². The number of hydrogen-bond acceptors (Lipinski definition) is 7. The zero-order valence-corrected chi connectivity index (χ0v) is 25.5. The Kier molecular flexibility index (Phi) is 11.2. The number of carbonyl (C=O) groups excluding carboxylic acids is 2. The number of unbranched alkanes of at least 4 members (excludes halogenated alkanes) is 2. The van der Waals surface area contributed by atoms with E-state index in [2.05, 4.69) is 57.5 Å². The third kappa shape index (κ3) is 8.21. The van der Waals surface area contributed by atoms with Gasteiger partial charge >= 0.3 is 7.12 Å². The van der Waals surface area contributed by atoms with Gasteiger partial charge < -0.3 is 25.3 Å². The fourth-order valence-electron chi connectivity index (χ4n) is 6.75. The van der Waals surface area contributed by atoms with Crippen molar-refractivity contribution in [1.29, 1.82) is 5.41 Å². The molecule has 6 atom stereocenters. The third-order valence-corrected chi connectivity index (χ3v) is 9.15. The molecule has 0 unspecified atom stereocenters. The van der Waals surface area contributed by atoms with Crippen LogP contribution in [0.15, 0.2) is 12.2 Å². The van der Waals surface area contributed by atoms with Crippen molar-refractivity contribution in [3.63, 3.8) is 0 Å². The maximum atomic E-state index is 13.6. The SMILES string of the molecule is CCCC/C=C/C(=O)N[C@@H](CCCNC(=N)N[N+](=O)[O-])C(=O)N[C@@H](CC(C)C)B1O[C@@H]2C[C@@H]3C[C@@H](C3(C)C)[C@]2(C)O1. The van der Waals surface area contributed by atoms with Crippen molar-refractivity contribution < 1.29 is 23.9 Å². The van der Waals surface area contributed by atoms with E-state index < -0.39 is 29.8 Å². The van der Waals surface area contributed by atoms with Gasteiger partial charge in [0.05, 0.1) is 17.6 Å². The van der Waals surface area contributed by atoms with Crippen molar-refractivity contribution in [2.45, 2.75) is 117 Å². The van der Waals surface area contributed by atoms with Crippen LogP contribution in [0.25, 0.3) is 0 Å². The van der Waals surface area contributed by atoms with Crippen LogP contribution in [-0.4, -0.2) is 60.2 Å². The predicted octanol–water partition coefficient (Wildman–Crippen LogP) is 3.10. The lowest BCUT2D eigenvalue weighted by atomic mass is 9.43. The smallest absolute Gasteiger partial charge is 0.404 e. The molecule has 0 aromatic carbocycles. The number of nitrogens with one attached hydrogen (secondary N) is 5. The Morgan fingerprint density at radius 3 is 2.56 bits per heavy atom. The molecule has 0 aromatic heterocycles. The second kappa shape index (κ2) is 14.0. The lowest BCUT2D eigenvalue weighted by Gasteiger charge is -2.64. The molecule has 1 heterocycles. The van der Waals surface area contributed by atoms with Gasteiger partial charge in [-0.3, -0.25) is 15.0 Å². The summed E-state index contributed by atoms with van der Waals surface area (Å²) in [5, 5.41) is 25.8. The van der Waals surface area contributed by atoms with Gasteiger partial charge in [-0.15, -0.1) is 0 Å². The van der Waals surface area contributed by atoms with Crippen LogP contribution >= 0.6 is 0 Å². The molecule has 3 saturated carbocycles. The molecule has 0 aromatic rings. The summed E-state index contributed by atoms with van der Waals surface area (Å²) in [5.41, 5.74) is 1.55. The number of guanidine groups is 1. The molecule has 12 nitrogen and oxygen atoms in total. The topological polar surface area (TPSA) is 168 Å². The normalized spacial score (nSPS) is 27.5. The molecule has 41 heavy (non-hydrogen) atoms. The Hall–Kier alpha value is -2.67. The van der Waals surface area contributed by atoms with Gasteiger partial charge in [0.1, 0.15) is 6.04 Å². The maximum Gasteiger partial charge on any atom is 0.481 e. The number of amides is 2. The minimum atomic E-state index is -0.835. The molecule has 0 radical (unpaired) electrons. The second-order valence-corrected chi connectivity index (χ2v) is 13.0. The first kappa shape index (κ1) is 32.8. The van der Waals surface area contributed by atoms with E-state index in [9.17, 15) is 19.7 Å². The molecule has 2 bridgehead atoms. The fraction of sp³-hybridized carbons (Fsp3) is 0.821. The van der Waals surface area contributed by atoms with Crippen molar-refractivity contribution in [2.75, 3.05) is 6.54 Å². The number of rotatable bonds is 15. The van der Waals surface area contributed by atoms with Crippen LogP contribution < -0.4 is 21.4 Å². The zero-order valence-electron chi connectivity index (χ0n) is 25.5. The molecule has 2 amide bonds. The van der Waals surface area contributed by atoms with Crippen LogP contribution in [0.4, 0.5) is 0 Å². The van der Waals surface area contributed by atoms with Gasteiger partial charge in [-0.2, -0.15) is 0 Å². The average molecular weight is 577 g/mol. The van der Waals surface area contributed by atoms with Crippen LogP contribution in [0.2, 0.25) is 0 Å². The first-order valence-corrected chi connectivity index (χ1v) is 15.1. The van der Waals surface area contributed by atoms with E-state index in [0.29, 0.717) is 24.7 Å². The molecule has 230 valence electrons. The molecule has 4 rings (SSSR count). The van der Waals surface area contributed by atoms with Gasteiger partial charge in [-0.25, -0.2) is 10.1 Å². The van der Waals surface area contributed by atoms with E-state index >= 15 is 0 Å². The van der Waals surface area contributed by atoms with E-state index in [1.54, 1.807) is 11.5 Å². The predicted molar refractivity (Wildman–Crippen MR) is 157 cm³/mol. The van der Waals surface area contributed by atoms with E-state index in [4.69, 9.17) is 14.7 Å². The summed E-state index contributed by atoms with van der Waals surface area (Å²) in [6.07, 6.45) is 9.44. The van der Waals surface area contributed by atoms with Crippen LogP contribution in [-0.2, 0) is 18.9 Å². The molecule has 0 spiro atoms. The molecule has 3 aliphatic carbocycles. The minimum absolute atomic E-state index is 0.00577. The lowest BCUT2D eigenvalue weighted by molar-refractivity contribution is -0.525. The Bertz CT molecular complexity index is 993. The Labute approximate surface area is 244 Å². The molecule has 4 aliphatic rings. The van der Waals surface area contributed by atoms with E-state index in [0.717, 1.165) is 32.1 Å². The molecule has 1 aliphatic heterocycles. The maximum absolute atomic E-state index is 13.6. The van der Waals surface area contributed by atoms with E-state index in [1.165, 1.54) is 6.08 Å². The first-order chi connectivity index (χ1) is 19.3. The van der Waals surface area contributed by atoms with E-state index in [1.807, 2.05) is 0 Å². The number of hydrazine groups is 1. The van der Waals surface area contributed by atoms with Gasteiger partial charge in [0.25, 0.3) is 5.96 Å². The van der Waals surface area contributed by atoms with Crippen LogP contribution in [0, 0.1) is 38.7 Å². The summed E-state index contributed by atoms with van der Waals surface area (Å²) < 4.78 is 13.2. The van der Waals surface area contributed by atoms with Crippen LogP contribution in [0.1, 0.15) is 92.9 Å². The second-order valence-electron chi connectivity index (χ2n) is 13.0. The molecule has 5 N–H and O–H groups in total. The molecule has 1 saturated heterocycles. The third-order valence-electron chi connectivity index (χ3n) is 9.15. The summed E-state index contributed by atoms with van der Waals surface area (Å²) in [5.74, 6) is -0.226. The monoisotopic (exact) mass is 576 g/mol. The highest BCUT2D eigenvalue weighted by Gasteiger charge is 2.68. The van der Waals surface area contributed by atoms with Crippen LogP contribution in [0.3, 0.4) is 0 Å². The van der Waals surface area contributed by atoms with Gasteiger partial charge in [0, 0.05) is 6.54 Å². The van der Waals surface area contributed by atoms with Gasteiger partial charge in [-0.05, 0) is 74.7 Å². The van der Waals surface area contributed by atoms with Gasteiger partial charge in [-0.1, -0.05) is 59.0 Å². The Morgan fingerprint density at radius 2 is 1.93 bits per heavy atom. The highest BCUT2D eigenvalue weighted by Crippen LogP contribution is 2.65. The summed E-state index contributed by atoms with van der Waals surface area (Å²) in [4.78, 5) is 36.8. The molecule has 4 fully saturated rings. The molecular formula is C28H49BN6O6. The highest BCUT2D eigenvalue weighted by atomic mass is 16.7. The Morgan fingerprint density at radius 1 is 1.20 bits per heavy atom. The van der Waals surface area contributed by atoms with E-state index in [-0.39, 0.29) is 48.2 Å².